The first-order valence-corrected chi connectivity index (χ1v) is 13.2. The summed E-state index contributed by atoms with van der Waals surface area (Å²) in [6, 6.07) is 13.6. The van der Waals surface area contributed by atoms with Gasteiger partial charge in [-0.2, -0.15) is 0 Å². The van der Waals surface area contributed by atoms with E-state index in [1.807, 2.05) is 0 Å². The van der Waals surface area contributed by atoms with Crippen molar-refractivity contribution in [3.8, 4) is 0 Å². The molecule has 0 bridgehead atoms. The first kappa shape index (κ1) is 27.2. The molecule has 8 heteroatoms. The Morgan fingerprint density at radius 1 is 1.08 bits per heavy atom. The molecule has 0 radical (unpaired) electrons. The second-order valence-corrected chi connectivity index (χ2v) is 10.4. The lowest BCUT2D eigenvalue weighted by Crippen LogP contribution is -2.50. The number of carbonyl (C=O) groups is 2. The van der Waals surface area contributed by atoms with Crippen LogP contribution in [0.3, 0.4) is 0 Å². The van der Waals surface area contributed by atoms with Gasteiger partial charge in [-0.05, 0) is 68.9 Å². The fourth-order valence-corrected chi connectivity index (χ4v) is 5.40. The smallest absolute Gasteiger partial charge is 0.254 e. The van der Waals surface area contributed by atoms with Crippen LogP contribution < -0.4 is 11.1 Å². The summed E-state index contributed by atoms with van der Waals surface area (Å²) < 4.78 is 18.9. The molecular weight excluding hydrogens is 471 g/mol. The predicted molar refractivity (Wildman–Crippen MR) is 141 cm³/mol. The Kier molecular flexibility index (Phi) is 9.29. The summed E-state index contributed by atoms with van der Waals surface area (Å²) in [6.45, 7) is 4.41. The van der Waals surface area contributed by atoms with Gasteiger partial charge in [0, 0.05) is 50.4 Å². The van der Waals surface area contributed by atoms with Crippen molar-refractivity contribution in [3.05, 3.63) is 71.0 Å². The molecule has 1 heterocycles. The van der Waals surface area contributed by atoms with Crippen LogP contribution in [0.4, 0.5) is 4.39 Å². The maximum absolute atomic E-state index is 13.6. The van der Waals surface area contributed by atoms with Gasteiger partial charge in [-0.3, -0.25) is 14.5 Å². The minimum Gasteiger partial charge on any atom is -0.383 e. The number of amides is 2. The van der Waals surface area contributed by atoms with Crippen molar-refractivity contribution in [3.63, 3.8) is 0 Å². The van der Waals surface area contributed by atoms with E-state index < -0.39 is 11.9 Å². The lowest BCUT2D eigenvalue weighted by atomic mass is 9.91. The van der Waals surface area contributed by atoms with Gasteiger partial charge in [0.1, 0.15) is 11.9 Å². The zero-order valence-corrected chi connectivity index (χ0v) is 21.9. The van der Waals surface area contributed by atoms with Crippen molar-refractivity contribution in [2.24, 2.45) is 5.73 Å². The van der Waals surface area contributed by atoms with Crippen molar-refractivity contribution in [1.82, 2.24) is 15.1 Å². The molecule has 3 N–H and O–H groups in total. The molecule has 7 nitrogen and oxygen atoms in total. The molecule has 4 rings (SSSR count). The molecule has 2 aliphatic rings. The normalized spacial score (nSPS) is 23.9. The molecule has 2 unspecified atom stereocenters. The summed E-state index contributed by atoms with van der Waals surface area (Å²) in [7, 11) is 1.68. The Bertz CT molecular complexity index is 1040. The summed E-state index contributed by atoms with van der Waals surface area (Å²) >= 11 is 0. The molecule has 1 saturated carbocycles. The number of methoxy groups -OCH3 is 1. The Labute approximate surface area is 219 Å². The van der Waals surface area contributed by atoms with Gasteiger partial charge in [0.25, 0.3) is 5.91 Å². The minimum absolute atomic E-state index is 0.0172. The zero-order chi connectivity index (χ0) is 26.4. The maximum Gasteiger partial charge on any atom is 0.254 e. The van der Waals surface area contributed by atoms with Crippen LogP contribution in [0, 0.1) is 12.7 Å². The number of rotatable bonds is 9. The molecule has 0 spiro atoms. The fourth-order valence-electron chi connectivity index (χ4n) is 5.40. The number of nitrogens with one attached hydrogen (secondary N) is 1. The number of nitrogens with zero attached hydrogens (tertiary/aromatic N) is 2. The van der Waals surface area contributed by atoms with Gasteiger partial charge >= 0.3 is 0 Å². The quantitative estimate of drug-likeness (QED) is 0.541. The van der Waals surface area contributed by atoms with E-state index in [-0.39, 0.29) is 29.9 Å². The predicted octanol–water partition coefficient (Wildman–Crippen LogP) is 3.25. The van der Waals surface area contributed by atoms with E-state index in [1.54, 1.807) is 12.0 Å². The van der Waals surface area contributed by atoms with Crippen molar-refractivity contribution >= 4 is 11.8 Å². The average Bonchev–Trinajstić information content (AvgIpc) is 3.35. The summed E-state index contributed by atoms with van der Waals surface area (Å²) in [5.41, 5.74) is 8.79. The molecule has 2 amide bonds. The number of halogens is 1. The lowest BCUT2D eigenvalue weighted by Gasteiger charge is -2.30. The number of carbonyl (C=O) groups excluding carboxylic acids is 2. The number of likely N-dealkylation sites (tertiary alicyclic amines) is 1. The van der Waals surface area contributed by atoms with Crippen molar-refractivity contribution in [2.75, 3.05) is 26.8 Å². The van der Waals surface area contributed by atoms with Crippen LogP contribution in [0.5, 0.6) is 0 Å². The van der Waals surface area contributed by atoms with Crippen LogP contribution in [0.1, 0.15) is 53.6 Å². The maximum atomic E-state index is 13.6. The van der Waals surface area contributed by atoms with E-state index in [1.165, 1.54) is 35.4 Å². The van der Waals surface area contributed by atoms with Crippen LogP contribution in [-0.2, 0) is 16.1 Å². The van der Waals surface area contributed by atoms with E-state index in [2.05, 4.69) is 41.4 Å². The summed E-state index contributed by atoms with van der Waals surface area (Å²) in [5, 5.41) is 3.19. The SMILES string of the molecule is COCCN(Cc1ccc(C)cc1)C1CC(C(=O)NC2CCC(N)CC2)N(C(=O)c2ccc(F)cc2)C1. The summed E-state index contributed by atoms with van der Waals surface area (Å²) in [6.07, 6.45) is 4.00. The minimum atomic E-state index is -0.596. The standard InChI is InChI=1S/C29H39FN4O3/c1-20-3-5-21(6-4-20)18-33(15-16-37-2)26-17-27(28(35)32-25-13-11-24(31)12-14-25)34(19-26)29(36)22-7-9-23(30)10-8-22/h3-10,24-27H,11-19,31H2,1-2H3,(H,32,35). The summed E-state index contributed by atoms with van der Waals surface area (Å²) in [5.74, 6) is -0.778. The molecule has 2 aromatic rings. The number of aryl methyl sites for hydroxylation is 1. The third-order valence-electron chi connectivity index (χ3n) is 7.66. The van der Waals surface area contributed by atoms with Crippen molar-refractivity contribution in [2.45, 2.75) is 69.7 Å². The second kappa shape index (κ2) is 12.6. The largest absolute Gasteiger partial charge is 0.383 e. The number of hydrogen-bond acceptors (Lipinski definition) is 5. The topological polar surface area (TPSA) is 87.9 Å². The van der Waals surface area contributed by atoms with Gasteiger partial charge in [-0.15, -0.1) is 0 Å². The molecule has 37 heavy (non-hydrogen) atoms. The van der Waals surface area contributed by atoms with Gasteiger partial charge in [-0.25, -0.2) is 4.39 Å². The first-order chi connectivity index (χ1) is 17.8. The van der Waals surface area contributed by atoms with E-state index in [9.17, 15) is 14.0 Å². The second-order valence-electron chi connectivity index (χ2n) is 10.4. The zero-order valence-electron chi connectivity index (χ0n) is 21.9. The molecule has 200 valence electrons. The van der Waals surface area contributed by atoms with Crippen LogP contribution in [-0.4, -0.2) is 72.6 Å². The average molecular weight is 511 g/mol. The molecule has 2 atom stereocenters. The number of nitrogens with two attached hydrogens (primary N) is 1. The molecule has 0 aromatic heterocycles. The van der Waals surface area contributed by atoms with E-state index in [0.717, 1.165) is 25.7 Å². The van der Waals surface area contributed by atoms with Crippen LogP contribution in [0.2, 0.25) is 0 Å². The fraction of sp³-hybridized carbons (Fsp3) is 0.517. The number of ether oxygens (including phenoxy) is 1. The Balaban J connectivity index is 1.54. The highest BCUT2D eigenvalue weighted by Crippen LogP contribution is 2.27. The van der Waals surface area contributed by atoms with E-state index >= 15 is 0 Å². The highest BCUT2D eigenvalue weighted by molar-refractivity contribution is 5.98. The van der Waals surface area contributed by atoms with Crippen molar-refractivity contribution in [1.29, 1.82) is 0 Å². The molecule has 1 aliphatic carbocycles. The van der Waals surface area contributed by atoms with Gasteiger partial charge in [-0.1, -0.05) is 29.8 Å². The Morgan fingerprint density at radius 3 is 2.41 bits per heavy atom. The van der Waals surface area contributed by atoms with Gasteiger partial charge in [0.05, 0.1) is 6.61 Å². The molecule has 1 saturated heterocycles. The highest BCUT2D eigenvalue weighted by Gasteiger charge is 2.42. The highest BCUT2D eigenvalue weighted by atomic mass is 19.1. The molecule has 2 aromatic carbocycles. The van der Waals surface area contributed by atoms with Crippen molar-refractivity contribution < 1.29 is 18.7 Å². The van der Waals surface area contributed by atoms with Crippen LogP contribution in [0.25, 0.3) is 0 Å². The molecule has 1 aliphatic heterocycles. The third kappa shape index (κ3) is 7.15. The number of benzene rings is 2. The summed E-state index contributed by atoms with van der Waals surface area (Å²) in [4.78, 5) is 31.0. The first-order valence-electron chi connectivity index (χ1n) is 13.2. The monoisotopic (exact) mass is 510 g/mol. The van der Waals surface area contributed by atoms with Crippen LogP contribution in [0.15, 0.2) is 48.5 Å². The van der Waals surface area contributed by atoms with E-state index in [0.29, 0.717) is 38.2 Å². The number of hydrogen-bond donors (Lipinski definition) is 2. The van der Waals surface area contributed by atoms with E-state index in [4.69, 9.17) is 10.5 Å². The van der Waals surface area contributed by atoms with Crippen LogP contribution >= 0.6 is 0 Å². The Hall–Kier alpha value is -2.81. The third-order valence-corrected chi connectivity index (χ3v) is 7.66. The molecular formula is C29H39FN4O3. The molecule has 2 fully saturated rings. The Morgan fingerprint density at radius 2 is 1.76 bits per heavy atom. The lowest BCUT2D eigenvalue weighted by molar-refractivity contribution is -0.125. The van der Waals surface area contributed by atoms with Gasteiger partial charge < -0.3 is 20.7 Å². The van der Waals surface area contributed by atoms with Gasteiger partial charge in [0.15, 0.2) is 0 Å². The van der Waals surface area contributed by atoms with Gasteiger partial charge in [0.2, 0.25) is 5.91 Å².